The van der Waals surface area contributed by atoms with Gasteiger partial charge in [0.15, 0.2) is 0 Å². The van der Waals surface area contributed by atoms with E-state index in [1.54, 1.807) is 0 Å². The second-order valence-electron chi connectivity index (χ2n) is 40.8. The summed E-state index contributed by atoms with van der Waals surface area (Å²) in [6.45, 7) is 31.0. The summed E-state index contributed by atoms with van der Waals surface area (Å²) in [4.78, 5) is 0. The summed E-state index contributed by atoms with van der Waals surface area (Å²) in [7, 11) is 0. The normalized spacial score (nSPS) is 12.1. The van der Waals surface area contributed by atoms with Crippen molar-refractivity contribution in [2.45, 2.75) is 210 Å². The van der Waals surface area contributed by atoms with E-state index < -0.39 is 0 Å². The molecule has 16 aromatic rings. The van der Waals surface area contributed by atoms with Gasteiger partial charge in [0, 0.05) is 49.9 Å². The van der Waals surface area contributed by atoms with Crippen LogP contribution in [0.3, 0.4) is 0 Å². The molecule has 17 rings (SSSR count). The number of rotatable bonds is 36. The number of benzene rings is 16. The van der Waals surface area contributed by atoms with Crippen LogP contribution < -0.4 is 56.8 Å². The van der Waals surface area contributed by atoms with Crippen LogP contribution in [0.2, 0.25) is 0 Å². The van der Waals surface area contributed by atoms with Gasteiger partial charge >= 0.3 is 0 Å². The summed E-state index contributed by atoms with van der Waals surface area (Å²) >= 11 is 0. The van der Waals surface area contributed by atoms with Gasteiger partial charge in [-0.2, -0.15) is 0 Å². The van der Waals surface area contributed by atoms with Crippen LogP contribution >= 0.6 is 0 Å². The van der Waals surface area contributed by atoms with Crippen LogP contribution in [-0.4, -0.2) is 0 Å². The van der Waals surface area contributed by atoms with E-state index in [1.165, 1.54) is 0 Å². The molecule has 0 aromatic heterocycles. The molecule has 0 aliphatic heterocycles. The Balaban J connectivity index is 0.883. The van der Waals surface area contributed by atoms with Gasteiger partial charge in [0.05, 0.1) is 0 Å². The fourth-order valence-electron chi connectivity index (χ4n) is 17.4. The highest BCUT2D eigenvalue weighted by molar-refractivity contribution is 5.61. The molecule has 0 saturated carbocycles. The predicted molar refractivity (Wildman–Crippen MR) is 561 cm³/mol. The first-order valence-corrected chi connectivity index (χ1v) is 48.8. The molecule has 16 aromatic carbocycles. The first-order chi connectivity index (χ1) is 67.7. The first kappa shape index (κ1) is 96.8. The lowest BCUT2D eigenvalue weighted by Gasteiger charge is -2.29. The monoisotopic (exact) mass is 1860 g/mol. The van der Waals surface area contributed by atoms with Crippen LogP contribution in [0, 0.1) is 0 Å². The molecule has 140 heavy (non-hydrogen) atoms. The number of hydrogen-bond donors (Lipinski definition) is 0. The second kappa shape index (κ2) is 44.7. The lowest BCUT2D eigenvalue weighted by Crippen LogP contribution is -2.18. The topological polar surface area (TPSA) is 111 Å². The average Bonchev–Trinajstić information content (AvgIpc) is 0.754. The maximum atomic E-state index is 7.91. The number of hydrogen-bond acceptors (Lipinski definition) is 12. The van der Waals surface area contributed by atoms with Gasteiger partial charge in [0.1, 0.15) is 148 Å². The molecule has 712 valence electrons. The Morgan fingerprint density at radius 1 is 0.143 bits per heavy atom. The van der Waals surface area contributed by atoms with E-state index in [-0.39, 0.29) is 48.1 Å². The first-order valence-electron chi connectivity index (χ1n) is 48.8. The van der Waals surface area contributed by atoms with Gasteiger partial charge < -0.3 is 56.8 Å². The number of ether oxygens (including phenoxy) is 12. The Morgan fingerprint density at radius 3 is 0.386 bits per heavy atom. The summed E-state index contributed by atoms with van der Waals surface area (Å²) in [5.41, 5.74) is 22.6. The molecule has 0 fully saturated rings. The Bertz CT molecular complexity index is 5640. The van der Waals surface area contributed by atoms with Crippen molar-refractivity contribution >= 4 is 0 Å². The summed E-state index contributed by atoms with van der Waals surface area (Å²) in [5, 5.41) is 0. The van der Waals surface area contributed by atoms with E-state index in [4.69, 9.17) is 56.8 Å². The summed E-state index contributed by atoms with van der Waals surface area (Å²) in [5.74, 6) is 8.17. The van der Waals surface area contributed by atoms with Crippen molar-refractivity contribution in [3.8, 4) is 69.0 Å². The minimum absolute atomic E-state index is 0.141. The number of fused-ring (bicyclic) bond motifs is 8. The highest BCUT2D eigenvalue weighted by Crippen LogP contribution is 2.47. The maximum absolute atomic E-state index is 7.91. The molecule has 0 amide bonds. The standard InChI is InChI=1S/C128H128O12/c1-125(2,3)109-65-101-61-103-67-110(126(4,5)6)69-105(122(103)138-86-98-55-115(131-79-91-41-25-15-26-42-91)74-116(56-98)132-80-92-43-27-16-28-44-92)63-107-71-112(128(10,11)12)72-108(124(107)140-88-100-59-119(135-83-95-49-33-19-34-50-95)76-120(60-100)136-84-96-51-35-20-36-52-96)64-106-70-111(127(7,8)9)68-104(123(106)139-87-99-57-117(133-81-93-45-29-17-30-46-93)75-118(58-99)134-82-94-47-31-18-32-48-94)62-102(66-109)121(101)137-85-97-53-113(129-77-89-37-21-13-22-38-89)73-114(54-97)130-78-90-39-23-14-24-40-90/h13-60,65-76H,61-64,77-88H2,1-12H3. The van der Waals surface area contributed by atoms with Crippen molar-refractivity contribution in [3.05, 3.63) is 498 Å². The Morgan fingerprint density at radius 2 is 0.264 bits per heavy atom. The average molecular weight is 1860 g/mol. The van der Waals surface area contributed by atoms with Crippen LogP contribution in [0.15, 0.2) is 364 Å². The van der Waals surface area contributed by atoms with Crippen molar-refractivity contribution in [2.24, 2.45) is 0 Å². The SMILES string of the molecule is CC(C)(C)c1cc2c(OCc3cc(OCc4ccccc4)cc(OCc4ccccc4)c3)c(c1)Cc1cc(C(C)(C)C)cc(c1OCc1cc(OCc3ccccc3)cc(OCc3ccccc3)c1)Cc1cc(C(C)(C)C)cc(c1OCc1cc(OCc3ccccc3)cc(OCc3ccccc3)c1)Cc1cc(C(C)(C)C)cc(c1OCc1cc(OCc3ccccc3)cc(OCc3ccccc3)c1)C2. The Hall–Kier alpha value is -14.9. The highest BCUT2D eigenvalue weighted by Gasteiger charge is 2.32. The van der Waals surface area contributed by atoms with Crippen molar-refractivity contribution in [3.63, 3.8) is 0 Å². The molecular formula is C128H128O12. The third kappa shape index (κ3) is 26.9. The quantitative estimate of drug-likeness (QED) is 0.0373. The van der Waals surface area contributed by atoms with E-state index >= 15 is 0 Å². The fourth-order valence-corrected chi connectivity index (χ4v) is 17.4. The smallest absolute Gasteiger partial charge is 0.126 e. The van der Waals surface area contributed by atoms with Gasteiger partial charge in [-0.05, 0) is 204 Å². The van der Waals surface area contributed by atoms with Crippen LogP contribution in [0.5, 0.6) is 69.0 Å². The van der Waals surface area contributed by atoms with Crippen LogP contribution in [0.1, 0.15) is 217 Å². The molecule has 12 heteroatoms. The summed E-state index contributed by atoms with van der Waals surface area (Å²) in [6, 6.07) is 126. The van der Waals surface area contributed by atoms with E-state index in [9.17, 15) is 0 Å². The molecule has 0 heterocycles. The molecule has 0 N–H and O–H groups in total. The van der Waals surface area contributed by atoms with Gasteiger partial charge in [-0.25, -0.2) is 0 Å². The largest absolute Gasteiger partial charge is 0.489 e. The maximum Gasteiger partial charge on any atom is 0.126 e. The van der Waals surface area contributed by atoms with Crippen LogP contribution in [0.25, 0.3) is 0 Å². The van der Waals surface area contributed by atoms with E-state index in [1.807, 2.05) is 170 Å². The van der Waals surface area contributed by atoms with Crippen molar-refractivity contribution < 1.29 is 56.8 Å². The zero-order chi connectivity index (χ0) is 97.0. The van der Waals surface area contributed by atoms with Crippen molar-refractivity contribution in [2.75, 3.05) is 0 Å². The van der Waals surface area contributed by atoms with Crippen molar-refractivity contribution in [1.82, 2.24) is 0 Å². The van der Waals surface area contributed by atoms with Crippen LogP contribution in [0.4, 0.5) is 0 Å². The molecule has 1 aliphatic rings. The van der Waals surface area contributed by atoms with E-state index in [2.05, 4.69) is 277 Å². The molecule has 8 bridgehead atoms. The lowest BCUT2D eigenvalue weighted by molar-refractivity contribution is 0.277. The zero-order valence-electron chi connectivity index (χ0n) is 82.9. The molecule has 0 saturated heterocycles. The highest BCUT2D eigenvalue weighted by atomic mass is 16.5. The molecule has 0 radical (unpaired) electrons. The van der Waals surface area contributed by atoms with Gasteiger partial charge in [-0.1, -0.05) is 374 Å². The van der Waals surface area contributed by atoms with E-state index in [0.29, 0.717) is 125 Å². The summed E-state index contributed by atoms with van der Waals surface area (Å²) in [6.07, 6.45) is 1.49. The molecule has 0 unspecified atom stereocenters. The molecule has 0 spiro atoms. The molecule has 0 atom stereocenters. The van der Waals surface area contributed by atoms with Gasteiger partial charge in [0.2, 0.25) is 0 Å². The lowest BCUT2D eigenvalue weighted by atomic mass is 9.79. The third-order valence-electron chi connectivity index (χ3n) is 25.2. The van der Waals surface area contributed by atoms with E-state index in [0.717, 1.165) is 157 Å². The Kier molecular flexibility index (Phi) is 30.9. The van der Waals surface area contributed by atoms with Crippen LogP contribution in [-0.2, 0) is 127 Å². The molecular weight excluding hydrogens is 1730 g/mol. The fraction of sp³-hybridized carbons (Fsp3) is 0.250. The zero-order valence-corrected chi connectivity index (χ0v) is 82.9. The second-order valence-corrected chi connectivity index (χ2v) is 40.8. The van der Waals surface area contributed by atoms with Gasteiger partial charge in [0.25, 0.3) is 0 Å². The minimum atomic E-state index is -0.382. The predicted octanol–water partition coefficient (Wildman–Crippen LogP) is 30.5. The molecule has 1 aliphatic carbocycles. The van der Waals surface area contributed by atoms with Gasteiger partial charge in [-0.15, -0.1) is 0 Å². The third-order valence-corrected chi connectivity index (χ3v) is 25.2. The molecule has 12 nitrogen and oxygen atoms in total. The minimum Gasteiger partial charge on any atom is -0.489 e. The van der Waals surface area contributed by atoms with Crippen molar-refractivity contribution in [1.29, 1.82) is 0 Å². The van der Waals surface area contributed by atoms with Gasteiger partial charge in [-0.3, -0.25) is 0 Å². The summed E-state index contributed by atoms with van der Waals surface area (Å²) < 4.78 is 85.9. The Labute approximate surface area is 827 Å².